The molecule has 0 bridgehead atoms. The zero-order valence-electron chi connectivity index (χ0n) is 9.66. The number of nitrogens with one attached hydrogen (secondary N) is 2. The van der Waals surface area contributed by atoms with Gasteiger partial charge in [-0.1, -0.05) is 0 Å². The molecule has 0 aliphatic carbocycles. The number of hydrogen-bond acceptors (Lipinski definition) is 4. The van der Waals surface area contributed by atoms with Gasteiger partial charge >= 0.3 is 0 Å². The highest BCUT2D eigenvalue weighted by Gasteiger charge is 2.22. The van der Waals surface area contributed by atoms with Crippen LogP contribution in [0.4, 0.5) is 0 Å². The Kier molecular flexibility index (Phi) is 3.13. The molecule has 6 heteroatoms. The number of carbonyl (C=O) groups is 1. The fourth-order valence-corrected chi connectivity index (χ4v) is 2.70. The van der Waals surface area contributed by atoms with Gasteiger partial charge in [0, 0.05) is 18.2 Å². The third kappa shape index (κ3) is 2.18. The summed E-state index contributed by atoms with van der Waals surface area (Å²) in [5, 5.41) is 6.21. The van der Waals surface area contributed by atoms with E-state index in [2.05, 4.69) is 26.6 Å². The van der Waals surface area contributed by atoms with Crippen LogP contribution >= 0.6 is 15.9 Å². The molecule has 18 heavy (non-hydrogen) atoms. The molecule has 3 rings (SSSR count). The van der Waals surface area contributed by atoms with E-state index in [4.69, 9.17) is 9.47 Å². The Morgan fingerprint density at radius 2 is 2.33 bits per heavy atom. The van der Waals surface area contributed by atoms with Crippen LogP contribution in [-0.2, 0) is 0 Å². The molecular formula is C12H13BrN2O3. The quantitative estimate of drug-likeness (QED) is 0.863. The molecule has 5 nitrogen and oxygen atoms in total. The number of carbonyl (C=O) groups excluding carboxylic acids is 1. The molecule has 0 radical (unpaired) electrons. The van der Waals surface area contributed by atoms with Crippen molar-refractivity contribution >= 4 is 21.8 Å². The van der Waals surface area contributed by atoms with E-state index in [9.17, 15) is 4.79 Å². The van der Waals surface area contributed by atoms with Crippen molar-refractivity contribution in [3.8, 4) is 11.5 Å². The number of fused-ring (bicyclic) bond motifs is 1. The van der Waals surface area contributed by atoms with Crippen LogP contribution in [0.15, 0.2) is 16.6 Å². The summed E-state index contributed by atoms with van der Waals surface area (Å²) in [6.07, 6.45) is 0.970. The molecule has 96 valence electrons. The Hall–Kier alpha value is -1.27. The first-order valence-electron chi connectivity index (χ1n) is 5.85. The van der Waals surface area contributed by atoms with Crippen LogP contribution < -0.4 is 20.1 Å². The van der Waals surface area contributed by atoms with Crippen LogP contribution in [0.25, 0.3) is 0 Å². The number of hydrogen-bond donors (Lipinski definition) is 2. The van der Waals surface area contributed by atoms with Crippen LogP contribution in [0.1, 0.15) is 16.8 Å². The zero-order valence-corrected chi connectivity index (χ0v) is 11.2. The fourth-order valence-electron chi connectivity index (χ4n) is 2.15. The van der Waals surface area contributed by atoms with Gasteiger partial charge in [-0.05, 0) is 41.0 Å². The molecule has 1 atom stereocenters. The van der Waals surface area contributed by atoms with E-state index < -0.39 is 0 Å². The second-order valence-electron chi connectivity index (χ2n) is 4.36. The van der Waals surface area contributed by atoms with Gasteiger partial charge in [0.1, 0.15) is 0 Å². The van der Waals surface area contributed by atoms with Crippen LogP contribution in [0.2, 0.25) is 0 Å². The summed E-state index contributed by atoms with van der Waals surface area (Å²) in [7, 11) is 0. The van der Waals surface area contributed by atoms with Gasteiger partial charge in [0.15, 0.2) is 11.5 Å². The van der Waals surface area contributed by atoms with Crippen LogP contribution in [-0.4, -0.2) is 31.8 Å². The second kappa shape index (κ2) is 4.78. The van der Waals surface area contributed by atoms with Gasteiger partial charge in [0.2, 0.25) is 6.79 Å². The standard InChI is InChI=1S/C12H13BrN2O3/c13-9-3-7(4-10-11(9)18-6-17-10)12(16)15-8-1-2-14-5-8/h3-4,8,14H,1-2,5-6H2,(H,15,16). The van der Waals surface area contributed by atoms with Gasteiger partial charge < -0.3 is 20.1 Å². The molecule has 2 aliphatic rings. The summed E-state index contributed by atoms with van der Waals surface area (Å²) >= 11 is 3.38. The van der Waals surface area contributed by atoms with E-state index in [1.54, 1.807) is 12.1 Å². The monoisotopic (exact) mass is 312 g/mol. The number of benzene rings is 1. The van der Waals surface area contributed by atoms with E-state index in [-0.39, 0.29) is 18.7 Å². The summed E-state index contributed by atoms with van der Waals surface area (Å²) in [6, 6.07) is 3.68. The highest BCUT2D eigenvalue weighted by Crippen LogP contribution is 2.39. The lowest BCUT2D eigenvalue weighted by atomic mass is 10.1. The summed E-state index contributed by atoms with van der Waals surface area (Å²) in [5.74, 6) is 1.19. The van der Waals surface area contributed by atoms with Gasteiger partial charge in [-0.15, -0.1) is 0 Å². The Morgan fingerprint density at radius 3 is 3.11 bits per heavy atom. The predicted molar refractivity (Wildman–Crippen MR) is 69.0 cm³/mol. The smallest absolute Gasteiger partial charge is 0.251 e. The zero-order chi connectivity index (χ0) is 12.5. The lowest BCUT2D eigenvalue weighted by molar-refractivity contribution is 0.0939. The topological polar surface area (TPSA) is 59.6 Å². The summed E-state index contributed by atoms with van der Waals surface area (Å²) in [6.45, 7) is 1.98. The van der Waals surface area contributed by atoms with Crippen molar-refractivity contribution in [2.24, 2.45) is 0 Å². The first kappa shape index (κ1) is 11.8. The molecule has 1 aromatic carbocycles. The molecule has 1 saturated heterocycles. The van der Waals surface area contributed by atoms with Crippen molar-refractivity contribution in [2.75, 3.05) is 19.9 Å². The van der Waals surface area contributed by atoms with Crippen molar-refractivity contribution < 1.29 is 14.3 Å². The molecule has 1 unspecified atom stereocenters. The molecule has 1 amide bonds. The number of ether oxygens (including phenoxy) is 2. The number of amides is 1. The molecule has 0 spiro atoms. The molecule has 2 N–H and O–H groups in total. The third-order valence-corrected chi connectivity index (χ3v) is 3.67. The molecule has 1 fully saturated rings. The highest BCUT2D eigenvalue weighted by atomic mass is 79.9. The van der Waals surface area contributed by atoms with E-state index in [0.717, 1.165) is 24.0 Å². The van der Waals surface area contributed by atoms with Gasteiger partial charge in [0.25, 0.3) is 5.91 Å². The first-order valence-corrected chi connectivity index (χ1v) is 6.64. The SMILES string of the molecule is O=C(NC1CCNC1)c1cc(Br)c2c(c1)OCO2. The average molecular weight is 313 g/mol. The summed E-state index contributed by atoms with van der Waals surface area (Å²) in [5.41, 5.74) is 0.582. The van der Waals surface area contributed by atoms with Crippen LogP contribution in [0.3, 0.4) is 0 Å². The summed E-state index contributed by atoms with van der Waals surface area (Å²) < 4.78 is 11.3. The van der Waals surface area contributed by atoms with E-state index in [1.807, 2.05) is 0 Å². The van der Waals surface area contributed by atoms with Crippen LogP contribution in [0.5, 0.6) is 11.5 Å². The molecule has 0 aromatic heterocycles. The van der Waals surface area contributed by atoms with Gasteiger partial charge in [-0.25, -0.2) is 0 Å². The Balaban J connectivity index is 1.79. The number of halogens is 1. The number of rotatable bonds is 2. The van der Waals surface area contributed by atoms with E-state index >= 15 is 0 Å². The van der Waals surface area contributed by atoms with Crippen molar-refractivity contribution in [3.63, 3.8) is 0 Å². The fraction of sp³-hybridized carbons (Fsp3) is 0.417. The second-order valence-corrected chi connectivity index (χ2v) is 5.21. The van der Waals surface area contributed by atoms with Crippen LogP contribution in [0, 0.1) is 0 Å². The maximum absolute atomic E-state index is 12.1. The van der Waals surface area contributed by atoms with Gasteiger partial charge in [0.05, 0.1) is 4.47 Å². The molecule has 0 saturated carbocycles. The lowest BCUT2D eigenvalue weighted by Gasteiger charge is -2.12. The lowest BCUT2D eigenvalue weighted by Crippen LogP contribution is -2.36. The van der Waals surface area contributed by atoms with Crippen molar-refractivity contribution in [1.82, 2.24) is 10.6 Å². The Bertz CT molecular complexity index is 486. The van der Waals surface area contributed by atoms with Crippen molar-refractivity contribution in [1.29, 1.82) is 0 Å². The molecular weight excluding hydrogens is 300 g/mol. The van der Waals surface area contributed by atoms with Gasteiger partial charge in [-0.3, -0.25) is 4.79 Å². The average Bonchev–Trinajstić information content (AvgIpc) is 2.98. The minimum absolute atomic E-state index is 0.0808. The third-order valence-electron chi connectivity index (χ3n) is 3.08. The largest absolute Gasteiger partial charge is 0.454 e. The minimum atomic E-state index is -0.0808. The molecule has 2 heterocycles. The van der Waals surface area contributed by atoms with E-state index in [0.29, 0.717) is 17.1 Å². The maximum atomic E-state index is 12.1. The normalized spacial score (nSPS) is 21.1. The Labute approximate surface area is 113 Å². The van der Waals surface area contributed by atoms with E-state index in [1.165, 1.54) is 0 Å². The maximum Gasteiger partial charge on any atom is 0.251 e. The predicted octanol–water partition coefficient (Wildman–Crippen LogP) is 1.27. The van der Waals surface area contributed by atoms with Crippen molar-refractivity contribution in [3.05, 3.63) is 22.2 Å². The summed E-state index contributed by atoms with van der Waals surface area (Å²) in [4.78, 5) is 12.1. The first-order chi connectivity index (χ1) is 8.74. The van der Waals surface area contributed by atoms with Crippen molar-refractivity contribution in [2.45, 2.75) is 12.5 Å². The molecule has 1 aromatic rings. The Morgan fingerprint density at radius 1 is 1.44 bits per heavy atom. The molecule has 2 aliphatic heterocycles. The highest BCUT2D eigenvalue weighted by molar-refractivity contribution is 9.10. The minimum Gasteiger partial charge on any atom is -0.454 e. The van der Waals surface area contributed by atoms with Gasteiger partial charge in [-0.2, -0.15) is 0 Å².